The first-order chi connectivity index (χ1) is 9.13. The van der Waals surface area contributed by atoms with Crippen molar-refractivity contribution in [1.29, 1.82) is 0 Å². The molecular weight excluding hydrogens is 308 g/mol. The molecule has 2 aromatic carbocycles. The molecule has 2 rings (SSSR count). The molecule has 3 nitrogen and oxygen atoms in total. The Bertz CT molecular complexity index is 634. The summed E-state index contributed by atoms with van der Waals surface area (Å²) in [7, 11) is 1.32. The Labute approximate surface area is 119 Å². The molecule has 0 aromatic heterocycles. The topological polar surface area (TPSA) is 43.4 Å². The van der Waals surface area contributed by atoms with Crippen LogP contribution >= 0.6 is 15.9 Å². The number of fused-ring (bicyclic) bond motifs is 1. The molecule has 0 unspecified atom stereocenters. The molecule has 4 heteroatoms. The molecule has 98 valence electrons. The molecule has 0 heterocycles. The normalized spacial score (nSPS) is 10.4. The summed E-state index contributed by atoms with van der Waals surface area (Å²) in [6.07, 6.45) is 0.276. The van der Waals surface area contributed by atoms with Gasteiger partial charge < -0.3 is 4.74 Å². The minimum absolute atomic E-state index is 0.0471. The third-order valence-corrected chi connectivity index (χ3v) is 3.65. The molecule has 0 fully saturated rings. The van der Waals surface area contributed by atoms with E-state index in [-0.39, 0.29) is 24.6 Å². The van der Waals surface area contributed by atoms with Gasteiger partial charge in [-0.2, -0.15) is 0 Å². The monoisotopic (exact) mass is 320 g/mol. The highest BCUT2D eigenvalue weighted by atomic mass is 79.9. The smallest absolute Gasteiger partial charge is 0.305 e. The molecule has 0 saturated carbocycles. The van der Waals surface area contributed by atoms with Gasteiger partial charge in [0.1, 0.15) is 0 Å². The molecule has 0 aliphatic heterocycles. The van der Waals surface area contributed by atoms with Crippen LogP contribution in [0.4, 0.5) is 0 Å². The Morgan fingerprint density at radius 3 is 2.42 bits per heavy atom. The number of hydrogen-bond donors (Lipinski definition) is 0. The van der Waals surface area contributed by atoms with Gasteiger partial charge in [0.2, 0.25) is 0 Å². The second kappa shape index (κ2) is 5.97. The van der Waals surface area contributed by atoms with Crippen molar-refractivity contribution in [2.45, 2.75) is 12.8 Å². The molecule has 2 aromatic rings. The van der Waals surface area contributed by atoms with Crippen LogP contribution in [0.5, 0.6) is 0 Å². The van der Waals surface area contributed by atoms with Crippen molar-refractivity contribution in [3.8, 4) is 0 Å². The molecule has 0 saturated heterocycles. The van der Waals surface area contributed by atoms with Gasteiger partial charge >= 0.3 is 5.97 Å². The molecule has 0 N–H and O–H groups in total. The zero-order valence-electron chi connectivity index (χ0n) is 10.5. The van der Waals surface area contributed by atoms with E-state index in [1.54, 1.807) is 6.07 Å². The van der Waals surface area contributed by atoms with E-state index in [9.17, 15) is 9.59 Å². The number of methoxy groups -OCH3 is 1. The maximum absolute atomic E-state index is 12.2. The van der Waals surface area contributed by atoms with Gasteiger partial charge in [0, 0.05) is 16.5 Å². The Morgan fingerprint density at radius 2 is 1.74 bits per heavy atom. The van der Waals surface area contributed by atoms with Gasteiger partial charge in [0.25, 0.3) is 0 Å². The van der Waals surface area contributed by atoms with Crippen LogP contribution in [0.15, 0.2) is 40.9 Å². The van der Waals surface area contributed by atoms with Crippen molar-refractivity contribution in [2.75, 3.05) is 7.11 Å². The van der Waals surface area contributed by atoms with Crippen molar-refractivity contribution in [3.63, 3.8) is 0 Å². The molecule has 0 radical (unpaired) electrons. The fourth-order valence-electron chi connectivity index (χ4n) is 1.96. The number of rotatable bonds is 4. The van der Waals surface area contributed by atoms with Crippen LogP contribution < -0.4 is 0 Å². The summed E-state index contributed by atoms with van der Waals surface area (Å²) in [5.74, 6) is -0.413. The number of benzene rings is 2. The quantitative estimate of drug-likeness (QED) is 0.636. The highest BCUT2D eigenvalue weighted by Crippen LogP contribution is 2.27. The number of ketones is 1. The maximum atomic E-state index is 12.2. The molecule has 0 spiro atoms. The van der Waals surface area contributed by atoms with Crippen LogP contribution in [0.3, 0.4) is 0 Å². The Balaban J connectivity index is 2.32. The summed E-state index contributed by atoms with van der Waals surface area (Å²) in [4.78, 5) is 23.3. The van der Waals surface area contributed by atoms with Crippen molar-refractivity contribution in [2.24, 2.45) is 0 Å². The van der Waals surface area contributed by atoms with E-state index in [1.165, 1.54) is 7.11 Å². The number of hydrogen-bond acceptors (Lipinski definition) is 3. The second-order valence-electron chi connectivity index (χ2n) is 4.14. The Kier molecular flexibility index (Phi) is 4.32. The van der Waals surface area contributed by atoms with Crippen LogP contribution in [-0.4, -0.2) is 18.9 Å². The van der Waals surface area contributed by atoms with Crippen LogP contribution in [0.1, 0.15) is 23.2 Å². The van der Waals surface area contributed by atoms with Gasteiger partial charge in [-0.3, -0.25) is 9.59 Å². The number of carbonyl (C=O) groups is 2. The van der Waals surface area contributed by atoms with Gasteiger partial charge in [-0.15, -0.1) is 0 Å². The first-order valence-corrected chi connectivity index (χ1v) is 6.70. The third-order valence-electron chi connectivity index (χ3n) is 2.96. The second-order valence-corrected chi connectivity index (χ2v) is 4.99. The van der Waals surface area contributed by atoms with E-state index in [0.717, 1.165) is 15.2 Å². The number of halogens is 1. The standard InChI is InChI=1S/C15H13BrO3/c1-19-15(18)9-8-14(17)12-6-7-13(16)11-5-3-2-4-10(11)12/h2-7H,8-9H2,1H3. The van der Waals surface area contributed by atoms with Crippen LogP contribution in [0, 0.1) is 0 Å². The minimum Gasteiger partial charge on any atom is -0.469 e. The zero-order valence-corrected chi connectivity index (χ0v) is 12.1. The van der Waals surface area contributed by atoms with Crippen molar-refractivity contribution in [1.82, 2.24) is 0 Å². The lowest BCUT2D eigenvalue weighted by atomic mass is 9.99. The highest BCUT2D eigenvalue weighted by molar-refractivity contribution is 9.10. The summed E-state index contributed by atoms with van der Waals surface area (Å²) in [5, 5.41) is 1.89. The summed E-state index contributed by atoms with van der Waals surface area (Å²) >= 11 is 3.47. The first kappa shape index (κ1) is 13.7. The zero-order chi connectivity index (χ0) is 13.8. The largest absolute Gasteiger partial charge is 0.469 e. The van der Waals surface area contributed by atoms with E-state index in [0.29, 0.717) is 5.56 Å². The van der Waals surface area contributed by atoms with E-state index < -0.39 is 0 Å². The predicted molar refractivity (Wildman–Crippen MR) is 77.2 cm³/mol. The maximum Gasteiger partial charge on any atom is 0.305 e. The van der Waals surface area contributed by atoms with E-state index in [1.807, 2.05) is 30.3 Å². The van der Waals surface area contributed by atoms with E-state index in [4.69, 9.17) is 0 Å². The highest BCUT2D eigenvalue weighted by Gasteiger charge is 2.13. The third kappa shape index (κ3) is 3.01. The fraction of sp³-hybridized carbons (Fsp3) is 0.200. The molecular formula is C15H13BrO3. The first-order valence-electron chi connectivity index (χ1n) is 5.90. The van der Waals surface area contributed by atoms with Gasteiger partial charge in [0.15, 0.2) is 5.78 Å². The van der Waals surface area contributed by atoms with E-state index >= 15 is 0 Å². The average Bonchev–Trinajstić information content (AvgIpc) is 2.45. The molecule has 0 bridgehead atoms. The minimum atomic E-state index is -0.366. The van der Waals surface area contributed by atoms with Gasteiger partial charge in [-0.05, 0) is 22.9 Å². The van der Waals surface area contributed by atoms with E-state index in [2.05, 4.69) is 20.7 Å². The van der Waals surface area contributed by atoms with Crippen LogP contribution in [-0.2, 0) is 9.53 Å². The number of Topliss-reactive ketones (excluding diaryl/α,β-unsaturated/α-hetero) is 1. The Morgan fingerprint density at radius 1 is 1.05 bits per heavy atom. The number of ether oxygens (including phenoxy) is 1. The van der Waals surface area contributed by atoms with Crippen molar-refractivity contribution in [3.05, 3.63) is 46.4 Å². The van der Waals surface area contributed by atoms with Crippen LogP contribution in [0.2, 0.25) is 0 Å². The molecule has 0 atom stereocenters. The Hall–Kier alpha value is -1.68. The number of carbonyl (C=O) groups excluding carboxylic acids is 2. The molecule has 19 heavy (non-hydrogen) atoms. The fourth-order valence-corrected chi connectivity index (χ4v) is 2.44. The molecule has 0 amide bonds. The van der Waals surface area contributed by atoms with Crippen molar-refractivity contribution < 1.29 is 14.3 Å². The van der Waals surface area contributed by atoms with Crippen molar-refractivity contribution >= 4 is 38.5 Å². The summed E-state index contributed by atoms with van der Waals surface area (Å²) in [6, 6.07) is 11.3. The molecule has 0 aliphatic rings. The lowest BCUT2D eigenvalue weighted by Gasteiger charge is -2.07. The summed E-state index contributed by atoms with van der Waals surface area (Å²) < 4.78 is 5.50. The number of esters is 1. The van der Waals surface area contributed by atoms with Gasteiger partial charge in [-0.25, -0.2) is 0 Å². The van der Waals surface area contributed by atoms with Gasteiger partial charge in [-0.1, -0.05) is 40.2 Å². The average molecular weight is 321 g/mol. The molecule has 0 aliphatic carbocycles. The summed E-state index contributed by atoms with van der Waals surface area (Å²) in [5.41, 5.74) is 0.641. The lowest BCUT2D eigenvalue weighted by molar-refractivity contribution is -0.140. The predicted octanol–water partition coefficient (Wildman–Crippen LogP) is 3.74. The van der Waals surface area contributed by atoms with Crippen LogP contribution in [0.25, 0.3) is 10.8 Å². The van der Waals surface area contributed by atoms with Gasteiger partial charge in [0.05, 0.1) is 13.5 Å². The lowest BCUT2D eigenvalue weighted by Crippen LogP contribution is -2.06. The SMILES string of the molecule is COC(=O)CCC(=O)c1ccc(Br)c2ccccc12. The summed E-state index contributed by atoms with van der Waals surface area (Å²) in [6.45, 7) is 0.